The van der Waals surface area contributed by atoms with Crippen molar-refractivity contribution in [1.82, 2.24) is 5.32 Å². The normalized spacial score (nSPS) is 12.1. The fourth-order valence-corrected chi connectivity index (χ4v) is 3.02. The number of benzene rings is 2. The van der Waals surface area contributed by atoms with Gasteiger partial charge < -0.3 is 19.9 Å². The molecule has 0 unspecified atom stereocenters. The third-order valence-electron chi connectivity index (χ3n) is 4.06. The smallest absolute Gasteiger partial charge is 0.180 e. The van der Waals surface area contributed by atoms with E-state index in [2.05, 4.69) is 5.32 Å². The van der Waals surface area contributed by atoms with Gasteiger partial charge in [0.15, 0.2) is 11.5 Å². The molecule has 2 rings (SSSR count). The molecule has 2 aromatic carbocycles. The number of nitrogens with one attached hydrogen (secondary N) is 1. The molecule has 2 N–H and O–H groups in total. The molecule has 0 aliphatic rings. The van der Waals surface area contributed by atoms with Crippen LogP contribution in [0.15, 0.2) is 30.3 Å². The Morgan fingerprint density at radius 2 is 1.89 bits per heavy atom. The molecule has 0 aliphatic heterocycles. The number of hydrogen-bond donors (Lipinski definition) is 2. The zero-order valence-corrected chi connectivity index (χ0v) is 16.9. The van der Waals surface area contributed by atoms with E-state index in [-0.39, 0.29) is 19.3 Å². The molecule has 2 aromatic rings. The summed E-state index contributed by atoms with van der Waals surface area (Å²) in [6.07, 6.45) is 0.822. The lowest BCUT2D eigenvalue weighted by atomic mass is 10.1. The first-order chi connectivity index (χ1) is 13.0. The topological polar surface area (TPSA) is 50.7 Å². The van der Waals surface area contributed by atoms with Crippen LogP contribution in [-0.4, -0.2) is 24.4 Å². The monoisotopic (exact) mass is 415 g/mol. The summed E-state index contributed by atoms with van der Waals surface area (Å²) in [6.45, 7) is 5.08. The number of hydrogen-bond acceptors (Lipinski definition) is 4. The van der Waals surface area contributed by atoms with Crippen LogP contribution in [0.1, 0.15) is 31.4 Å². The Morgan fingerprint density at radius 3 is 2.52 bits per heavy atom. The number of rotatable bonds is 10. The molecule has 0 fully saturated rings. The van der Waals surface area contributed by atoms with Gasteiger partial charge in [0.05, 0.1) is 23.3 Å². The van der Waals surface area contributed by atoms with E-state index in [0.29, 0.717) is 40.3 Å². The average Bonchev–Trinajstić information content (AvgIpc) is 2.63. The quantitative estimate of drug-likeness (QED) is 0.574. The van der Waals surface area contributed by atoms with Crippen LogP contribution in [0.2, 0.25) is 10.0 Å². The van der Waals surface area contributed by atoms with E-state index in [9.17, 15) is 9.50 Å². The number of halogens is 3. The summed E-state index contributed by atoms with van der Waals surface area (Å²) in [5.74, 6) is 0.538. The minimum absolute atomic E-state index is 0.0239. The van der Waals surface area contributed by atoms with Crippen molar-refractivity contribution in [3.05, 3.63) is 57.3 Å². The van der Waals surface area contributed by atoms with E-state index < -0.39 is 5.82 Å². The molecular weight excluding hydrogens is 392 g/mol. The second-order valence-corrected chi connectivity index (χ2v) is 6.85. The third kappa shape index (κ3) is 6.25. The van der Waals surface area contributed by atoms with Gasteiger partial charge in [-0.15, -0.1) is 0 Å². The van der Waals surface area contributed by atoms with Gasteiger partial charge >= 0.3 is 0 Å². The molecule has 1 atom stereocenters. The largest absolute Gasteiger partial charge is 0.490 e. The molecule has 0 bridgehead atoms. The number of ether oxygens (including phenoxy) is 2. The van der Waals surface area contributed by atoms with E-state index >= 15 is 0 Å². The van der Waals surface area contributed by atoms with Crippen LogP contribution in [0.3, 0.4) is 0 Å². The van der Waals surface area contributed by atoms with Gasteiger partial charge in [-0.3, -0.25) is 0 Å². The van der Waals surface area contributed by atoms with Gasteiger partial charge in [-0.1, -0.05) is 36.2 Å². The molecule has 0 amide bonds. The molecule has 0 saturated heterocycles. The predicted molar refractivity (Wildman–Crippen MR) is 106 cm³/mol. The Balaban J connectivity index is 2.17. The highest BCUT2D eigenvalue weighted by atomic mass is 35.5. The maximum absolute atomic E-state index is 13.2. The summed E-state index contributed by atoms with van der Waals surface area (Å²) in [4.78, 5) is 0. The first-order valence-electron chi connectivity index (χ1n) is 8.84. The van der Waals surface area contributed by atoms with Crippen LogP contribution in [0, 0.1) is 5.82 Å². The van der Waals surface area contributed by atoms with Crippen molar-refractivity contribution < 1.29 is 19.0 Å². The van der Waals surface area contributed by atoms with E-state index in [1.807, 2.05) is 19.9 Å². The van der Waals surface area contributed by atoms with Crippen LogP contribution in [-0.2, 0) is 13.2 Å². The van der Waals surface area contributed by atoms with Crippen LogP contribution in [0.5, 0.6) is 11.5 Å². The average molecular weight is 416 g/mol. The second-order valence-electron chi connectivity index (χ2n) is 6.03. The summed E-state index contributed by atoms with van der Waals surface area (Å²) in [5.41, 5.74) is 1.57. The first kappa shape index (κ1) is 21.8. The minimum Gasteiger partial charge on any atom is -0.490 e. The van der Waals surface area contributed by atoms with Crippen molar-refractivity contribution in [3.63, 3.8) is 0 Å². The Hall–Kier alpha value is -1.53. The SMILES string of the molecule is CCOc1cc(CN[C@@H](CC)CO)cc(Cl)c1OCc1ccc(F)cc1Cl. The van der Waals surface area contributed by atoms with Gasteiger partial charge in [-0.05, 0) is 43.2 Å². The fraction of sp³-hybridized carbons (Fsp3) is 0.400. The van der Waals surface area contributed by atoms with E-state index in [0.717, 1.165) is 12.0 Å². The highest BCUT2D eigenvalue weighted by Crippen LogP contribution is 2.37. The summed E-state index contributed by atoms with van der Waals surface area (Å²) in [6, 6.07) is 7.82. The third-order valence-corrected chi connectivity index (χ3v) is 4.70. The zero-order chi connectivity index (χ0) is 19.8. The van der Waals surface area contributed by atoms with E-state index in [1.165, 1.54) is 12.1 Å². The molecule has 0 heterocycles. The first-order valence-corrected chi connectivity index (χ1v) is 9.60. The molecular formula is C20H24Cl2FNO3. The summed E-state index contributed by atoms with van der Waals surface area (Å²) in [7, 11) is 0. The summed E-state index contributed by atoms with van der Waals surface area (Å²) >= 11 is 12.5. The van der Waals surface area contributed by atoms with Gasteiger partial charge in [0.25, 0.3) is 0 Å². The van der Waals surface area contributed by atoms with E-state index in [1.54, 1.807) is 12.1 Å². The maximum atomic E-state index is 13.2. The number of aliphatic hydroxyl groups is 1. The second kappa shape index (κ2) is 10.7. The van der Waals surface area contributed by atoms with Crippen LogP contribution in [0.25, 0.3) is 0 Å². The van der Waals surface area contributed by atoms with Crippen LogP contribution in [0.4, 0.5) is 4.39 Å². The molecule has 0 saturated carbocycles. The van der Waals surface area contributed by atoms with Gasteiger partial charge in [0, 0.05) is 18.2 Å². The molecule has 148 valence electrons. The standard InChI is InChI=1S/C20H24Cl2FNO3/c1-3-16(11-25)24-10-13-7-18(22)20(19(8-13)26-4-2)27-12-14-5-6-15(23)9-17(14)21/h5-9,16,24-25H,3-4,10-12H2,1-2H3/t16-/m0/s1. The van der Waals surface area contributed by atoms with Crippen molar-refractivity contribution in [2.24, 2.45) is 0 Å². The molecule has 4 nitrogen and oxygen atoms in total. The van der Waals surface area contributed by atoms with Crippen LogP contribution >= 0.6 is 23.2 Å². The Bertz CT molecular complexity index is 754. The highest BCUT2D eigenvalue weighted by molar-refractivity contribution is 6.32. The summed E-state index contributed by atoms with van der Waals surface area (Å²) in [5, 5.41) is 13.3. The predicted octanol–water partition coefficient (Wildman–Crippen LogP) is 4.97. The molecule has 7 heteroatoms. The Labute approximate surface area is 169 Å². The minimum atomic E-state index is -0.401. The van der Waals surface area contributed by atoms with E-state index in [4.69, 9.17) is 32.7 Å². The van der Waals surface area contributed by atoms with Crippen molar-refractivity contribution in [3.8, 4) is 11.5 Å². The summed E-state index contributed by atoms with van der Waals surface area (Å²) < 4.78 is 24.7. The lowest BCUT2D eigenvalue weighted by Crippen LogP contribution is -2.31. The van der Waals surface area contributed by atoms with Gasteiger partial charge in [0.2, 0.25) is 0 Å². The Kier molecular flexibility index (Phi) is 8.64. The van der Waals surface area contributed by atoms with Crippen molar-refractivity contribution in [2.75, 3.05) is 13.2 Å². The molecule has 0 aromatic heterocycles. The molecule has 0 spiro atoms. The van der Waals surface area contributed by atoms with Crippen molar-refractivity contribution in [2.45, 2.75) is 39.5 Å². The van der Waals surface area contributed by atoms with Gasteiger partial charge in [-0.2, -0.15) is 0 Å². The lowest BCUT2D eigenvalue weighted by Gasteiger charge is -2.18. The molecule has 0 radical (unpaired) electrons. The van der Waals surface area contributed by atoms with Crippen molar-refractivity contribution >= 4 is 23.2 Å². The van der Waals surface area contributed by atoms with Gasteiger partial charge in [-0.25, -0.2) is 4.39 Å². The van der Waals surface area contributed by atoms with Crippen LogP contribution < -0.4 is 14.8 Å². The van der Waals surface area contributed by atoms with Gasteiger partial charge in [0.1, 0.15) is 12.4 Å². The fourth-order valence-electron chi connectivity index (χ4n) is 2.52. The zero-order valence-electron chi connectivity index (χ0n) is 15.4. The highest BCUT2D eigenvalue weighted by Gasteiger charge is 2.15. The molecule has 27 heavy (non-hydrogen) atoms. The lowest BCUT2D eigenvalue weighted by molar-refractivity contribution is 0.238. The Morgan fingerprint density at radius 1 is 1.11 bits per heavy atom. The van der Waals surface area contributed by atoms with Crippen molar-refractivity contribution in [1.29, 1.82) is 0 Å². The molecule has 0 aliphatic carbocycles. The maximum Gasteiger partial charge on any atom is 0.180 e. The number of aliphatic hydroxyl groups excluding tert-OH is 1.